The first-order valence-corrected chi connectivity index (χ1v) is 4.77. The summed E-state index contributed by atoms with van der Waals surface area (Å²) in [6, 6.07) is -0.419. The molecule has 1 N–H and O–H groups in total. The molecule has 0 aromatic carbocycles. The van der Waals surface area contributed by atoms with Gasteiger partial charge in [-0.25, -0.2) is 4.79 Å². The van der Waals surface area contributed by atoms with E-state index >= 15 is 0 Å². The van der Waals surface area contributed by atoms with Crippen LogP contribution in [-0.2, 0) is 0 Å². The SMILES string of the molecule is C[C@@H]1CN(C(=O)Cl)C[C@H](C)N1C(=O)O. The van der Waals surface area contributed by atoms with Crippen LogP contribution < -0.4 is 0 Å². The second-order valence-corrected chi connectivity index (χ2v) is 3.87. The van der Waals surface area contributed by atoms with E-state index in [0.717, 1.165) is 0 Å². The Morgan fingerprint density at radius 3 is 2.00 bits per heavy atom. The predicted octanol–water partition coefficient (Wildman–Crippen LogP) is 1.42. The fraction of sp³-hybridized carbons (Fsp3) is 0.750. The fourth-order valence-corrected chi connectivity index (χ4v) is 1.98. The molecule has 0 aromatic rings. The Kier molecular flexibility index (Phi) is 3.21. The predicted molar refractivity (Wildman–Crippen MR) is 51.6 cm³/mol. The highest BCUT2D eigenvalue weighted by Gasteiger charge is 2.34. The highest BCUT2D eigenvalue weighted by atomic mass is 35.5. The lowest BCUT2D eigenvalue weighted by Gasteiger charge is -2.41. The molecule has 1 aliphatic rings. The Bertz CT molecular complexity index is 247. The third-order valence-corrected chi connectivity index (χ3v) is 2.63. The summed E-state index contributed by atoms with van der Waals surface area (Å²) in [6.45, 7) is 4.24. The number of carboxylic acid groups (broad SMARTS) is 1. The van der Waals surface area contributed by atoms with Gasteiger partial charge in [0.25, 0.3) is 0 Å². The molecule has 0 bridgehead atoms. The van der Waals surface area contributed by atoms with Crippen LogP contribution in [0.5, 0.6) is 0 Å². The monoisotopic (exact) mass is 220 g/mol. The van der Waals surface area contributed by atoms with Crippen molar-refractivity contribution in [3.63, 3.8) is 0 Å². The van der Waals surface area contributed by atoms with Gasteiger partial charge in [0.2, 0.25) is 0 Å². The van der Waals surface area contributed by atoms with Crippen molar-refractivity contribution < 1.29 is 14.7 Å². The lowest BCUT2D eigenvalue weighted by molar-refractivity contribution is 0.0580. The van der Waals surface area contributed by atoms with Crippen molar-refractivity contribution in [1.82, 2.24) is 9.80 Å². The largest absolute Gasteiger partial charge is 0.465 e. The van der Waals surface area contributed by atoms with Crippen molar-refractivity contribution in [3.05, 3.63) is 0 Å². The van der Waals surface area contributed by atoms with Crippen LogP contribution >= 0.6 is 11.6 Å². The van der Waals surface area contributed by atoms with Gasteiger partial charge in [0.05, 0.1) is 12.1 Å². The van der Waals surface area contributed by atoms with E-state index in [1.807, 2.05) is 0 Å². The molecule has 5 nitrogen and oxygen atoms in total. The van der Waals surface area contributed by atoms with Gasteiger partial charge < -0.3 is 10.0 Å². The minimum absolute atomic E-state index is 0.209. The van der Waals surface area contributed by atoms with Gasteiger partial charge in [0.1, 0.15) is 0 Å². The van der Waals surface area contributed by atoms with Crippen LogP contribution in [0.4, 0.5) is 9.59 Å². The summed E-state index contributed by atoms with van der Waals surface area (Å²) in [5, 5.41) is 8.37. The van der Waals surface area contributed by atoms with Crippen LogP contribution in [0.2, 0.25) is 0 Å². The molecule has 0 unspecified atom stereocenters. The van der Waals surface area contributed by atoms with Gasteiger partial charge >= 0.3 is 11.5 Å². The van der Waals surface area contributed by atoms with Crippen LogP contribution in [0.15, 0.2) is 0 Å². The molecule has 1 saturated heterocycles. The minimum Gasteiger partial charge on any atom is -0.465 e. The molecule has 1 fully saturated rings. The van der Waals surface area contributed by atoms with Crippen LogP contribution in [0.25, 0.3) is 0 Å². The molecule has 1 aliphatic heterocycles. The molecule has 1 rings (SSSR count). The molecular weight excluding hydrogens is 208 g/mol. The second kappa shape index (κ2) is 4.04. The van der Waals surface area contributed by atoms with Crippen molar-refractivity contribution in [3.8, 4) is 0 Å². The van der Waals surface area contributed by atoms with Crippen LogP contribution in [0.1, 0.15) is 13.8 Å². The van der Waals surface area contributed by atoms with Gasteiger partial charge in [-0.15, -0.1) is 0 Å². The zero-order chi connectivity index (χ0) is 10.9. The summed E-state index contributed by atoms with van der Waals surface area (Å²) in [6.07, 6.45) is -0.952. The molecule has 1 heterocycles. The molecule has 0 saturated carbocycles. The normalized spacial score (nSPS) is 27.6. The van der Waals surface area contributed by atoms with Crippen LogP contribution in [0, 0.1) is 0 Å². The van der Waals surface area contributed by atoms with Crippen LogP contribution in [0.3, 0.4) is 0 Å². The molecule has 2 amide bonds. The molecule has 0 spiro atoms. The highest BCUT2D eigenvalue weighted by Crippen LogP contribution is 2.16. The Labute approximate surface area is 87.2 Å². The van der Waals surface area contributed by atoms with E-state index in [0.29, 0.717) is 13.1 Å². The van der Waals surface area contributed by atoms with Gasteiger partial charge in [0, 0.05) is 13.1 Å². The molecule has 0 aliphatic carbocycles. The quantitative estimate of drug-likeness (QED) is 0.496. The molecule has 6 heteroatoms. The van der Waals surface area contributed by atoms with Gasteiger partial charge in [0.15, 0.2) is 0 Å². The van der Waals surface area contributed by atoms with E-state index in [9.17, 15) is 9.59 Å². The van der Waals surface area contributed by atoms with E-state index < -0.39 is 11.5 Å². The average Bonchev–Trinajstić information content (AvgIpc) is 2.01. The minimum atomic E-state index is -0.952. The second-order valence-electron chi connectivity index (χ2n) is 3.55. The molecule has 14 heavy (non-hydrogen) atoms. The van der Waals surface area contributed by atoms with Gasteiger partial charge in [-0.1, -0.05) is 0 Å². The number of hydrogen-bond donors (Lipinski definition) is 1. The molecule has 2 atom stereocenters. The molecule has 80 valence electrons. The maximum atomic E-state index is 10.9. The van der Waals surface area contributed by atoms with Crippen molar-refractivity contribution in [2.24, 2.45) is 0 Å². The first kappa shape index (κ1) is 11.1. The maximum absolute atomic E-state index is 10.9. The lowest BCUT2D eigenvalue weighted by Crippen LogP contribution is -2.58. The first-order valence-electron chi connectivity index (χ1n) is 4.39. The molecule has 0 aromatic heterocycles. The number of rotatable bonds is 0. The summed E-state index contributed by atoms with van der Waals surface area (Å²) in [5.41, 5.74) is 0. The highest BCUT2D eigenvalue weighted by molar-refractivity contribution is 6.62. The Morgan fingerprint density at radius 2 is 1.71 bits per heavy atom. The number of carbonyl (C=O) groups is 2. The van der Waals surface area contributed by atoms with E-state index in [1.165, 1.54) is 9.80 Å². The number of piperazine rings is 1. The first-order chi connectivity index (χ1) is 6.43. The Morgan fingerprint density at radius 1 is 1.29 bits per heavy atom. The lowest BCUT2D eigenvalue weighted by atomic mass is 10.1. The van der Waals surface area contributed by atoms with Crippen LogP contribution in [-0.4, -0.2) is 51.5 Å². The third-order valence-electron chi connectivity index (χ3n) is 2.39. The number of carbonyl (C=O) groups excluding carboxylic acids is 1. The number of nitrogens with zero attached hydrogens (tertiary/aromatic N) is 2. The topological polar surface area (TPSA) is 60.9 Å². The summed E-state index contributed by atoms with van der Waals surface area (Å²) < 4.78 is 0. The number of hydrogen-bond acceptors (Lipinski definition) is 2. The zero-order valence-corrected chi connectivity index (χ0v) is 8.86. The summed E-state index contributed by atoms with van der Waals surface area (Å²) in [7, 11) is 0. The van der Waals surface area contributed by atoms with Crippen molar-refractivity contribution >= 4 is 23.1 Å². The van der Waals surface area contributed by atoms with Gasteiger partial charge in [-0.2, -0.15) is 0 Å². The summed E-state index contributed by atoms with van der Waals surface area (Å²) in [4.78, 5) is 24.5. The maximum Gasteiger partial charge on any atom is 0.407 e. The molecular formula is C8H13ClN2O3. The Balaban J connectivity index is 2.72. The molecule has 0 radical (unpaired) electrons. The van der Waals surface area contributed by atoms with Gasteiger partial charge in [-0.05, 0) is 25.4 Å². The van der Waals surface area contributed by atoms with Crippen molar-refractivity contribution in [1.29, 1.82) is 0 Å². The summed E-state index contributed by atoms with van der Waals surface area (Å²) in [5.74, 6) is 0. The van der Waals surface area contributed by atoms with Crippen molar-refractivity contribution in [2.75, 3.05) is 13.1 Å². The van der Waals surface area contributed by atoms with E-state index in [1.54, 1.807) is 13.8 Å². The van der Waals surface area contributed by atoms with E-state index in [-0.39, 0.29) is 12.1 Å². The van der Waals surface area contributed by atoms with E-state index in [2.05, 4.69) is 0 Å². The third kappa shape index (κ3) is 2.09. The number of halogens is 1. The van der Waals surface area contributed by atoms with Gasteiger partial charge in [-0.3, -0.25) is 9.69 Å². The fourth-order valence-electron chi connectivity index (χ4n) is 1.84. The van der Waals surface area contributed by atoms with E-state index in [4.69, 9.17) is 16.7 Å². The standard InChI is InChI=1S/C8H13ClN2O3/c1-5-3-10(7(9)12)4-6(2)11(5)8(13)14/h5-6H,3-4H2,1-2H3,(H,13,14)/t5-,6+. The summed E-state index contributed by atoms with van der Waals surface area (Å²) >= 11 is 5.34. The smallest absolute Gasteiger partial charge is 0.407 e. The zero-order valence-electron chi connectivity index (χ0n) is 8.11. The van der Waals surface area contributed by atoms with Crippen molar-refractivity contribution in [2.45, 2.75) is 25.9 Å². The Hall–Kier alpha value is -0.970. The number of amides is 2. The average molecular weight is 221 g/mol.